The average Bonchev–Trinajstić information content (AvgIpc) is 3.37. The molecule has 6 nitrogen and oxygen atoms in total. The number of ketones is 1. The molecule has 6 heteroatoms. The van der Waals surface area contributed by atoms with Crippen molar-refractivity contribution in [3.63, 3.8) is 0 Å². The van der Waals surface area contributed by atoms with Gasteiger partial charge in [0.2, 0.25) is 0 Å². The van der Waals surface area contributed by atoms with E-state index in [0.717, 1.165) is 31.5 Å². The molecule has 0 aromatic carbocycles. The molecule has 0 N–H and O–H groups in total. The lowest BCUT2D eigenvalue weighted by Crippen LogP contribution is -2.33. The Labute approximate surface area is 142 Å². The fraction of sp³-hybridized carbons (Fsp3) is 0.500. The van der Waals surface area contributed by atoms with Crippen LogP contribution in [0.1, 0.15) is 12.8 Å². The number of ether oxygens (including phenoxy) is 2. The predicted molar refractivity (Wildman–Crippen MR) is 90.2 cm³/mol. The highest BCUT2D eigenvalue weighted by Crippen LogP contribution is 2.42. The second kappa shape index (κ2) is 10.5. The molecule has 1 rings (SSSR count). The van der Waals surface area contributed by atoms with Crippen LogP contribution in [0.3, 0.4) is 0 Å². The van der Waals surface area contributed by atoms with Crippen molar-refractivity contribution in [1.82, 2.24) is 4.90 Å². The maximum absolute atomic E-state index is 11.5. The van der Waals surface area contributed by atoms with E-state index in [2.05, 4.69) is 19.7 Å². The van der Waals surface area contributed by atoms with Crippen LogP contribution in [0.15, 0.2) is 38.0 Å². The van der Waals surface area contributed by atoms with Crippen molar-refractivity contribution in [2.24, 2.45) is 11.8 Å². The molecule has 0 unspecified atom stereocenters. The van der Waals surface area contributed by atoms with Gasteiger partial charge in [-0.15, -0.1) is 0 Å². The molecular weight excluding hydrogens is 310 g/mol. The molecule has 0 radical (unpaired) electrons. The van der Waals surface area contributed by atoms with E-state index >= 15 is 0 Å². The van der Waals surface area contributed by atoms with E-state index in [1.54, 1.807) is 0 Å². The van der Waals surface area contributed by atoms with Crippen molar-refractivity contribution >= 4 is 17.7 Å². The molecular formula is C18H25NO5. The molecule has 0 amide bonds. The van der Waals surface area contributed by atoms with Gasteiger partial charge in [0.1, 0.15) is 13.2 Å². The minimum absolute atomic E-state index is 0.0986. The Kier molecular flexibility index (Phi) is 8.71. The molecule has 1 saturated carbocycles. The van der Waals surface area contributed by atoms with Gasteiger partial charge >= 0.3 is 11.9 Å². The van der Waals surface area contributed by atoms with E-state index in [1.807, 2.05) is 4.90 Å². The number of carbonyl (C=O) groups excluding carboxylic acids is 3. The van der Waals surface area contributed by atoms with Gasteiger partial charge in [-0.25, -0.2) is 9.59 Å². The summed E-state index contributed by atoms with van der Waals surface area (Å²) in [5.41, 5.74) is 0. The summed E-state index contributed by atoms with van der Waals surface area (Å²) in [4.78, 5) is 35.7. The van der Waals surface area contributed by atoms with Crippen LogP contribution in [0, 0.1) is 11.8 Å². The normalized spacial score (nSPS) is 18.5. The van der Waals surface area contributed by atoms with Crippen molar-refractivity contribution in [2.45, 2.75) is 12.8 Å². The van der Waals surface area contributed by atoms with E-state index in [4.69, 9.17) is 9.47 Å². The van der Waals surface area contributed by atoms with E-state index in [1.165, 1.54) is 6.08 Å². The van der Waals surface area contributed by atoms with Gasteiger partial charge in [0.05, 0.1) is 0 Å². The molecule has 132 valence electrons. The summed E-state index contributed by atoms with van der Waals surface area (Å²) in [5, 5.41) is 0. The summed E-state index contributed by atoms with van der Waals surface area (Å²) in [7, 11) is 0. The Morgan fingerprint density at radius 3 is 1.92 bits per heavy atom. The standard InChI is InChI=1S/C18H25NO5/c1-4-16(20)15-13-14(15)7-8-19(9-11-23-17(21)5-2)10-12-24-18(22)6-3/h4-6,14-15H,1-3,7-13H2/t14-,15-/m0/s1. The number of rotatable bonds is 13. The van der Waals surface area contributed by atoms with Crippen LogP contribution < -0.4 is 0 Å². The van der Waals surface area contributed by atoms with Gasteiger partial charge in [0.25, 0.3) is 0 Å². The zero-order valence-electron chi connectivity index (χ0n) is 13.9. The van der Waals surface area contributed by atoms with Crippen LogP contribution in [0.4, 0.5) is 0 Å². The summed E-state index contributed by atoms with van der Waals surface area (Å²) in [6, 6.07) is 0. The first kappa shape index (κ1) is 19.8. The number of hydrogen-bond donors (Lipinski definition) is 0. The fourth-order valence-electron chi connectivity index (χ4n) is 2.42. The second-order valence-electron chi connectivity index (χ2n) is 5.58. The third-order valence-electron chi connectivity index (χ3n) is 3.94. The maximum atomic E-state index is 11.5. The van der Waals surface area contributed by atoms with Gasteiger partial charge in [-0.1, -0.05) is 19.7 Å². The lowest BCUT2D eigenvalue weighted by atomic mass is 10.1. The molecule has 1 aliphatic rings. The van der Waals surface area contributed by atoms with Crippen LogP contribution in [-0.4, -0.2) is 55.5 Å². The Hall–Kier alpha value is -2.21. The molecule has 0 heterocycles. The van der Waals surface area contributed by atoms with Crippen LogP contribution in [0.2, 0.25) is 0 Å². The SMILES string of the molecule is C=CC(=O)OCCN(CCOC(=O)C=C)CC[C@H]1C[C@@H]1C(=O)C=C. The predicted octanol–water partition coefficient (Wildman–Crippen LogP) is 1.53. The molecule has 0 aromatic heterocycles. The Balaban J connectivity index is 2.35. The molecule has 0 spiro atoms. The van der Waals surface area contributed by atoms with Crippen molar-refractivity contribution in [3.05, 3.63) is 38.0 Å². The summed E-state index contributed by atoms with van der Waals surface area (Å²) < 4.78 is 9.96. The smallest absolute Gasteiger partial charge is 0.330 e. The highest BCUT2D eigenvalue weighted by atomic mass is 16.5. The Bertz CT molecular complexity index is 474. The van der Waals surface area contributed by atoms with Gasteiger partial charge in [0, 0.05) is 31.2 Å². The van der Waals surface area contributed by atoms with E-state index in [-0.39, 0.29) is 24.9 Å². The van der Waals surface area contributed by atoms with E-state index in [0.29, 0.717) is 19.0 Å². The largest absolute Gasteiger partial charge is 0.461 e. The van der Waals surface area contributed by atoms with Gasteiger partial charge < -0.3 is 9.47 Å². The third kappa shape index (κ3) is 7.37. The lowest BCUT2D eigenvalue weighted by Gasteiger charge is -2.21. The maximum Gasteiger partial charge on any atom is 0.330 e. The van der Waals surface area contributed by atoms with Gasteiger partial charge in [-0.2, -0.15) is 0 Å². The number of allylic oxidation sites excluding steroid dienone is 1. The van der Waals surface area contributed by atoms with Crippen molar-refractivity contribution < 1.29 is 23.9 Å². The van der Waals surface area contributed by atoms with Crippen molar-refractivity contribution in [1.29, 1.82) is 0 Å². The quantitative estimate of drug-likeness (QED) is 0.375. The van der Waals surface area contributed by atoms with Gasteiger partial charge in [-0.3, -0.25) is 9.69 Å². The van der Waals surface area contributed by atoms with Gasteiger partial charge in [-0.05, 0) is 31.4 Å². The fourth-order valence-corrected chi connectivity index (χ4v) is 2.42. The first-order valence-electron chi connectivity index (χ1n) is 7.98. The minimum atomic E-state index is -0.466. The molecule has 0 bridgehead atoms. The van der Waals surface area contributed by atoms with Crippen LogP contribution in [0.5, 0.6) is 0 Å². The summed E-state index contributed by atoms with van der Waals surface area (Å²) in [6.07, 6.45) is 5.38. The summed E-state index contributed by atoms with van der Waals surface area (Å²) in [6.45, 7) is 12.5. The molecule has 0 aromatic rings. The number of esters is 2. The number of nitrogens with zero attached hydrogens (tertiary/aromatic N) is 1. The number of carbonyl (C=O) groups is 3. The average molecular weight is 335 g/mol. The molecule has 1 aliphatic carbocycles. The van der Waals surface area contributed by atoms with Crippen LogP contribution >= 0.6 is 0 Å². The van der Waals surface area contributed by atoms with Crippen LogP contribution in [-0.2, 0) is 23.9 Å². The molecule has 0 aliphatic heterocycles. The second-order valence-corrected chi connectivity index (χ2v) is 5.58. The Morgan fingerprint density at radius 1 is 0.917 bits per heavy atom. The summed E-state index contributed by atoms with van der Waals surface area (Å²) >= 11 is 0. The van der Waals surface area contributed by atoms with E-state index < -0.39 is 11.9 Å². The third-order valence-corrected chi connectivity index (χ3v) is 3.94. The minimum Gasteiger partial charge on any atom is -0.461 e. The first-order valence-corrected chi connectivity index (χ1v) is 7.98. The van der Waals surface area contributed by atoms with Crippen LogP contribution in [0.25, 0.3) is 0 Å². The highest BCUT2D eigenvalue weighted by molar-refractivity contribution is 5.93. The molecule has 0 saturated heterocycles. The monoisotopic (exact) mass is 335 g/mol. The van der Waals surface area contributed by atoms with Crippen molar-refractivity contribution in [2.75, 3.05) is 32.8 Å². The zero-order chi connectivity index (χ0) is 17.9. The highest BCUT2D eigenvalue weighted by Gasteiger charge is 2.40. The zero-order valence-corrected chi connectivity index (χ0v) is 13.9. The Morgan fingerprint density at radius 2 is 1.46 bits per heavy atom. The molecule has 24 heavy (non-hydrogen) atoms. The van der Waals surface area contributed by atoms with Gasteiger partial charge in [0.15, 0.2) is 5.78 Å². The number of hydrogen-bond acceptors (Lipinski definition) is 6. The lowest BCUT2D eigenvalue weighted by molar-refractivity contribution is -0.138. The molecule has 2 atom stereocenters. The van der Waals surface area contributed by atoms with E-state index in [9.17, 15) is 14.4 Å². The first-order chi connectivity index (χ1) is 11.5. The molecule has 1 fully saturated rings. The summed E-state index contributed by atoms with van der Waals surface area (Å²) in [5.74, 6) is -0.351. The van der Waals surface area contributed by atoms with Crippen molar-refractivity contribution in [3.8, 4) is 0 Å². The topological polar surface area (TPSA) is 72.9 Å².